The fourth-order valence-electron chi connectivity index (χ4n) is 1.68. The standard InChI is InChI=1S/C13H16N4O/c1-10-4-3-5-14-11(10)8-13(18)17(2)9-12-15-6-7-16-12/h3-7H,8-9H2,1-2H3,(H,15,16). The number of likely N-dealkylation sites (N-methyl/N-ethyl adjacent to an activating group) is 1. The highest BCUT2D eigenvalue weighted by molar-refractivity contribution is 5.78. The SMILES string of the molecule is Cc1cccnc1CC(=O)N(C)Cc1ncc[nH]1. The molecule has 1 amide bonds. The van der Waals surface area contributed by atoms with Crippen LogP contribution in [0.4, 0.5) is 0 Å². The summed E-state index contributed by atoms with van der Waals surface area (Å²) in [5.74, 6) is 0.816. The second kappa shape index (κ2) is 5.44. The molecular weight excluding hydrogens is 228 g/mol. The number of imidazole rings is 1. The summed E-state index contributed by atoms with van der Waals surface area (Å²) in [7, 11) is 1.77. The Labute approximate surface area is 106 Å². The van der Waals surface area contributed by atoms with Crippen LogP contribution >= 0.6 is 0 Å². The van der Waals surface area contributed by atoms with Crippen LogP contribution in [0, 0.1) is 6.92 Å². The van der Waals surface area contributed by atoms with Gasteiger partial charge in [0.15, 0.2) is 0 Å². The quantitative estimate of drug-likeness (QED) is 0.882. The third-order valence-electron chi connectivity index (χ3n) is 2.80. The molecule has 0 aliphatic rings. The maximum absolute atomic E-state index is 12.0. The normalized spacial score (nSPS) is 10.3. The second-order valence-corrected chi connectivity index (χ2v) is 4.23. The molecule has 0 bridgehead atoms. The van der Waals surface area contributed by atoms with Gasteiger partial charge in [0.2, 0.25) is 5.91 Å². The van der Waals surface area contributed by atoms with E-state index in [-0.39, 0.29) is 5.91 Å². The summed E-state index contributed by atoms with van der Waals surface area (Å²) in [5.41, 5.74) is 1.87. The highest BCUT2D eigenvalue weighted by Gasteiger charge is 2.12. The van der Waals surface area contributed by atoms with E-state index >= 15 is 0 Å². The maximum atomic E-state index is 12.0. The van der Waals surface area contributed by atoms with E-state index in [2.05, 4.69) is 15.0 Å². The van der Waals surface area contributed by atoms with Crippen LogP contribution in [0.3, 0.4) is 0 Å². The van der Waals surface area contributed by atoms with Crippen molar-refractivity contribution in [1.82, 2.24) is 19.9 Å². The summed E-state index contributed by atoms with van der Waals surface area (Å²) in [4.78, 5) is 25.0. The molecule has 0 saturated carbocycles. The van der Waals surface area contributed by atoms with E-state index in [0.29, 0.717) is 13.0 Å². The molecule has 2 rings (SSSR count). The van der Waals surface area contributed by atoms with Gasteiger partial charge >= 0.3 is 0 Å². The van der Waals surface area contributed by atoms with Crippen molar-refractivity contribution in [3.05, 3.63) is 47.8 Å². The molecule has 5 nitrogen and oxygen atoms in total. The largest absolute Gasteiger partial charge is 0.347 e. The van der Waals surface area contributed by atoms with Crippen molar-refractivity contribution in [2.24, 2.45) is 0 Å². The van der Waals surface area contributed by atoms with E-state index < -0.39 is 0 Å². The number of carbonyl (C=O) groups excluding carboxylic acids is 1. The van der Waals surface area contributed by atoms with Gasteiger partial charge in [0, 0.05) is 25.6 Å². The first-order valence-corrected chi connectivity index (χ1v) is 5.79. The van der Waals surface area contributed by atoms with Gasteiger partial charge in [-0.05, 0) is 18.6 Å². The average molecular weight is 244 g/mol. The minimum Gasteiger partial charge on any atom is -0.347 e. The number of nitrogens with zero attached hydrogens (tertiary/aromatic N) is 3. The van der Waals surface area contributed by atoms with Gasteiger partial charge in [-0.25, -0.2) is 4.98 Å². The topological polar surface area (TPSA) is 61.9 Å². The molecule has 2 heterocycles. The zero-order valence-electron chi connectivity index (χ0n) is 10.6. The Morgan fingerprint density at radius 1 is 1.39 bits per heavy atom. The number of aromatic nitrogens is 3. The van der Waals surface area contributed by atoms with E-state index in [1.165, 1.54) is 0 Å². The number of nitrogens with one attached hydrogen (secondary N) is 1. The van der Waals surface area contributed by atoms with Crippen LogP contribution in [0.25, 0.3) is 0 Å². The lowest BCUT2D eigenvalue weighted by Crippen LogP contribution is -2.28. The summed E-state index contributed by atoms with van der Waals surface area (Å²) in [6.45, 7) is 2.44. The van der Waals surface area contributed by atoms with Gasteiger partial charge in [-0.15, -0.1) is 0 Å². The van der Waals surface area contributed by atoms with Gasteiger partial charge in [0.1, 0.15) is 5.82 Å². The summed E-state index contributed by atoms with van der Waals surface area (Å²) in [6.07, 6.45) is 5.46. The molecule has 2 aromatic heterocycles. The van der Waals surface area contributed by atoms with Crippen molar-refractivity contribution in [1.29, 1.82) is 0 Å². The van der Waals surface area contributed by atoms with Gasteiger partial charge in [-0.3, -0.25) is 9.78 Å². The zero-order valence-corrected chi connectivity index (χ0v) is 10.6. The summed E-state index contributed by atoms with van der Waals surface area (Å²) < 4.78 is 0. The van der Waals surface area contributed by atoms with Crippen LogP contribution in [0.15, 0.2) is 30.7 Å². The van der Waals surface area contributed by atoms with Gasteiger partial charge < -0.3 is 9.88 Å². The fraction of sp³-hybridized carbons (Fsp3) is 0.308. The van der Waals surface area contributed by atoms with E-state index in [0.717, 1.165) is 17.1 Å². The summed E-state index contributed by atoms with van der Waals surface area (Å²) >= 11 is 0. The van der Waals surface area contributed by atoms with E-state index in [1.54, 1.807) is 30.5 Å². The molecule has 0 spiro atoms. The third-order valence-corrected chi connectivity index (χ3v) is 2.80. The van der Waals surface area contributed by atoms with Crippen molar-refractivity contribution in [2.45, 2.75) is 19.9 Å². The van der Waals surface area contributed by atoms with E-state index in [4.69, 9.17) is 0 Å². The zero-order chi connectivity index (χ0) is 13.0. The molecule has 5 heteroatoms. The van der Waals surface area contributed by atoms with Crippen LogP contribution in [0.1, 0.15) is 17.1 Å². The van der Waals surface area contributed by atoms with Crippen molar-refractivity contribution in [3.63, 3.8) is 0 Å². The van der Waals surface area contributed by atoms with Gasteiger partial charge in [0.25, 0.3) is 0 Å². The summed E-state index contributed by atoms with van der Waals surface area (Å²) in [6, 6.07) is 3.83. The molecule has 0 aliphatic carbocycles. The number of hydrogen-bond donors (Lipinski definition) is 1. The molecule has 0 aliphatic heterocycles. The molecule has 0 fully saturated rings. The minimum absolute atomic E-state index is 0.0354. The molecule has 0 saturated heterocycles. The van der Waals surface area contributed by atoms with E-state index in [1.807, 2.05) is 19.1 Å². The molecule has 18 heavy (non-hydrogen) atoms. The lowest BCUT2D eigenvalue weighted by atomic mass is 10.1. The Morgan fingerprint density at radius 3 is 2.89 bits per heavy atom. The van der Waals surface area contributed by atoms with Crippen LogP contribution in [0.5, 0.6) is 0 Å². The predicted molar refractivity (Wildman–Crippen MR) is 67.7 cm³/mol. The molecule has 0 unspecified atom stereocenters. The second-order valence-electron chi connectivity index (χ2n) is 4.23. The Bertz CT molecular complexity index is 522. The number of aryl methyl sites for hydroxylation is 1. The van der Waals surface area contributed by atoms with E-state index in [9.17, 15) is 4.79 Å². The van der Waals surface area contributed by atoms with Crippen molar-refractivity contribution < 1.29 is 4.79 Å². The molecular formula is C13H16N4O. The minimum atomic E-state index is 0.0354. The number of amides is 1. The van der Waals surface area contributed by atoms with Crippen LogP contribution in [0.2, 0.25) is 0 Å². The highest BCUT2D eigenvalue weighted by atomic mass is 16.2. The highest BCUT2D eigenvalue weighted by Crippen LogP contribution is 2.06. The van der Waals surface area contributed by atoms with Gasteiger partial charge in [-0.2, -0.15) is 0 Å². The first-order chi connectivity index (χ1) is 8.66. The number of H-pyrrole nitrogens is 1. The fourth-order valence-corrected chi connectivity index (χ4v) is 1.68. The smallest absolute Gasteiger partial charge is 0.228 e. The number of carbonyl (C=O) groups is 1. The average Bonchev–Trinajstić information content (AvgIpc) is 2.84. The maximum Gasteiger partial charge on any atom is 0.228 e. The monoisotopic (exact) mass is 244 g/mol. The van der Waals surface area contributed by atoms with Crippen LogP contribution in [-0.2, 0) is 17.8 Å². The summed E-state index contributed by atoms with van der Waals surface area (Å²) in [5, 5.41) is 0. The first-order valence-electron chi connectivity index (χ1n) is 5.79. The predicted octanol–water partition coefficient (Wildman–Crippen LogP) is 1.31. The molecule has 0 aromatic carbocycles. The van der Waals surface area contributed by atoms with Crippen molar-refractivity contribution in [3.8, 4) is 0 Å². The third kappa shape index (κ3) is 2.94. The molecule has 0 radical (unpaired) electrons. The van der Waals surface area contributed by atoms with Crippen LogP contribution in [-0.4, -0.2) is 32.8 Å². The lowest BCUT2D eigenvalue weighted by molar-refractivity contribution is -0.129. The molecule has 2 aromatic rings. The Kier molecular flexibility index (Phi) is 3.72. The van der Waals surface area contributed by atoms with Crippen LogP contribution < -0.4 is 0 Å². The molecule has 1 N–H and O–H groups in total. The van der Waals surface area contributed by atoms with Gasteiger partial charge in [-0.1, -0.05) is 6.07 Å². The Hall–Kier alpha value is -2.17. The Balaban J connectivity index is 1.98. The van der Waals surface area contributed by atoms with Crippen molar-refractivity contribution >= 4 is 5.91 Å². The molecule has 0 atom stereocenters. The first kappa shape index (κ1) is 12.3. The number of rotatable bonds is 4. The lowest BCUT2D eigenvalue weighted by Gasteiger charge is -2.16. The number of hydrogen-bond acceptors (Lipinski definition) is 3. The van der Waals surface area contributed by atoms with Crippen molar-refractivity contribution in [2.75, 3.05) is 7.05 Å². The van der Waals surface area contributed by atoms with Gasteiger partial charge in [0.05, 0.1) is 18.7 Å². The Morgan fingerprint density at radius 2 is 2.22 bits per heavy atom. The molecule has 94 valence electrons. The number of pyridine rings is 1. The number of aromatic amines is 1.